The molecule has 3 aromatic rings. The number of carbonyl (C=O) groups is 1. The van der Waals surface area contributed by atoms with Crippen LogP contribution in [0.1, 0.15) is 12.6 Å². The number of nitrogens with zero attached hydrogens (tertiary/aromatic N) is 6. The fourth-order valence-electron chi connectivity index (χ4n) is 3.48. The lowest BCUT2D eigenvalue weighted by molar-refractivity contribution is -0.132. The molecule has 0 aliphatic carbocycles. The van der Waals surface area contributed by atoms with E-state index in [1.807, 2.05) is 17.9 Å². The van der Waals surface area contributed by atoms with Gasteiger partial charge < -0.3 is 9.80 Å². The maximum Gasteiger partial charge on any atom is 0.244 e. The van der Waals surface area contributed by atoms with Crippen LogP contribution in [0.15, 0.2) is 48.8 Å². The van der Waals surface area contributed by atoms with Crippen molar-refractivity contribution in [2.24, 2.45) is 0 Å². The summed E-state index contributed by atoms with van der Waals surface area (Å²) in [4.78, 5) is 25.3. The van der Waals surface area contributed by atoms with Crippen molar-refractivity contribution < 1.29 is 9.18 Å². The Bertz CT molecular complexity index is 965. The Kier molecular flexibility index (Phi) is 5.50. The molecule has 0 radical (unpaired) electrons. The van der Waals surface area contributed by atoms with Gasteiger partial charge in [-0.1, -0.05) is 6.92 Å². The van der Waals surface area contributed by atoms with Gasteiger partial charge in [-0.15, -0.1) is 0 Å². The first-order valence-corrected chi connectivity index (χ1v) is 9.76. The maximum absolute atomic E-state index is 13.2. The zero-order chi connectivity index (χ0) is 20.2. The second kappa shape index (κ2) is 8.38. The van der Waals surface area contributed by atoms with Crippen molar-refractivity contribution in [3.63, 3.8) is 0 Å². The van der Waals surface area contributed by atoms with Crippen LogP contribution in [-0.4, -0.2) is 56.7 Å². The quantitative estimate of drug-likeness (QED) is 0.665. The van der Waals surface area contributed by atoms with E-state index >= 15 is 0 Å². The Balaban J connectivity index is 1.41. The summed E-state index contributed by atoms with van der Waals surface area (Å²) in [6.07, 6.45) is 4.21. The highest BCUT2D eigenvalue weighted by molar-refractivity contribution is 5.76. The topological polar surface area (TPSA) is 67.2 Å². The molecule has 8 heteroatoms. The van der Waals surface area contributed by atoms with Gasteiger partial charge in [-0.3, -0.25) is 9.48 Å². The Morgan fingerprint density at radius 3 is 2.41 bits per heavy atom. The molecule has 1 aliphatic rings. The van der Waals surface area contributed by atoms with Crippen LogP contribution in [0, 0.1) is 5.82 Å². The third-order valence-electron chi connectivity index (χ3n) is 5.12. The lowest BCUT2D eigenvalue weighted by atomic mass is 10.1. The van der Waals surface area contributed by atoms with Crippen molar-refractivity contribution in [1.29, 1.82) is 0 Å². The third-order valence-corrected chi connectivity index (χ3v) is 5.12. The van der Waals surface area contributed by atoms with Crippen LogP contribution in [0.25, 0.3) is 11.3 Å². The number of piperazine rings is 1. The number of aryl methyl sites for hydroxylation is 1. The lowest BCUT2D eigenvalue weighted by Gasteiger charge is -2.34. The van der Waals surface area contributed by atoms with Crippen LogP contribution in [0.5, 0.6) is 0 Å². The highest BCUT2D eigenvalue weighted by atomic mass is 19.1. The van der Waals surface area contributed by atoms with Crippen LogP contribution in [-0.2, 0) is 17.8 Å². The van der Waals surface area contributed by atoms with Crippen LogP contribution in [0.3, 0.4) is 0 Å². The number of rotatable bonds is 5. The van der Waals surface area contributed by atoms with Gasteiger partial charge in [-0.2, -0.15) is 5.10 Å². The van der Waals surface area contributed by atoms with Gasteiger partial charge in [0, 0.05) is 49.8 Å². The van der Waals surface area contributed by atoms with E-state index < -0.39 is 0 Å². The number of hydrogen-bond acceptors (Lipinski definition) is 5. The molecule has 1 aromatic carbocycles. The zero-order valence-electron chi connectivity index (χ0n) is 16.3. The molecule has 7 nitrogen and oxygen atoms in total. The van der Waals surface area contributed by atoms with E-state index in [2.05, 4.69) is 20.0 Å². The minimum absolute atomic E-state index is 0.0436. The van der Waals surface area contributed by atoms with Crippen LogP contribution in [0.4, 0.5) is 10.3 Å². The predicted octanol–water partition coefficient (Wildman–Crippen LogP) is 2.39. The maximum atomic E-state index is 13.2. The summed E-state index contributed by atoms with van der Waals surface area (Å²) in [5.41, 5.74) is 2.57. The summed E-state index contributed by atoms with van der Waals surface area (Å²) in [6.45, 7) is 4.90. The minimum atomic E-state index is -0.279. The molecule has 0 saturated carbocycles. The average Bonchev–Trinajstić information content (AvgIpc) is 3.17. The summed E-state index contributed by atoms with van der Waals surface area (Å²) in [5.74, 6) is 0.463. The minimum Gasteiger partial charge on any atom is -0.338 e. The summed E-state index contributed by atoms with van der Waals surface area (Å²) >= 11 is 0. The highest BCUT2D eigenvalue weighted by Gasteiger charge is 2.23. The van der Waals surface area contributed by atoms with E-state index in [1.54, 1.807) is 35.3 Å². The largest absolute Gasteiger partial charge is 0.338 e. The SMILES string of the molecule is CCc1cc(-c2ccc(F)cc2)nn1CC(=O)N1CCN(c2ncccn2)CC1. The molecular weight excluding hydrogens is 371 g/mol. The second-order valence-corrected chi connectivity index (χ2v) is 6.96. The first kappa shape index (κ1) is 19.0. The van der Waals surface area contributed by atoms with Crippen molar-refractivity contribution in [3.8, 4) is 11.3 Å². The number of halogens is 1. The monoisotopic (exact) mass is 394 g/mol. The normalized spacial score (nSPS) is 14.3. The molecule has 0 atom stereocenters. The van der Waals surface area contributed by atoms with Gasteiger partial charge in [0.15, 0.2) is 0 Å². The van der Waals surface area contributed by atoms with Crippen molar-refractivity contribution in [2.75, 3.05) is 31.1 Å². The zero-order valence-corrected chi connectivity index (χ0v) is 16.3. The Morgan fingerprint density at radius 2 is 1.76 bits per heavy atom. The van der Waals surface area contributed by atoms with Crippen molar-refractivity contribution in [3.05, 3.63) is 60.3 Å². The molecule has 4 rings (SSSR count). The van der Waals surface area contributed by atoms with Gasteiger partial charge in [-0.05, 0) is 42.8 Å². The highest BCUT2D eigenvalue weighted by Crippen LogP contribution is 2.20. The Labute approximate surface area is 168 Å². The van der Waals surface area contributed by atoms with Crippen LogP contribution >= 0.6 is 0 Å². The number of carbonyl (C=O) groups excluding carboxylic acids is 1. The second-order valence-electron chi connectivity index (χ2n) is 6.96. The van der Waals surface area contributed by atoms with Gasteiger partial charge in [0.25, 0.3) is 0 Å². The summed E-state index contributed by atoms with van der Waals surface area (Å²) < 4.78 is 14.9. The Morgan fingerprint density at radius 1 is 1.07 bits per heavy atom. The van der Waals surface area contributed by atoms with Gasteiger partial charge >= 0.3 is 0 Å². The molecule has 1 amide bonds. The van der Waals surface area contributed by atoms with Gasteiger partial charge in [0.2, 0.25) is 11.9 Å². The van der Waals surface area contributed by atoms with E-state index in [9.17, 15) is 9.18 Å². The molecule has 0 spiro atoms. The number of anilines is 1. The van der Waals surface area contributed by atoms with E-state index in [1.165, 1.54) is 12.1 Å². The molecular formula is C21H23FN6O. The summed E-state index contributed by atoms with van der Waals surface area (Å²) in [6, 6.07) is 9.99. The molecule has 0 N–H and O–H groups in total. The fourth-order valence-corrected chi connectivity index (χ4v) is 3.48. The van der Waals surface area contributed by atoms with Gasteiger partial charge in [0.05, 0.1) is 5.69 Å². The predicted molar refractivity (Wildman–Crippen MR) is 108 cm³/mol. The Hall–Kier alpha value is -3.29. The molecule has 0 unspecified atom stereocenters. The molecule has 3 heterocycles. The number of aromatic nitrogens is 4. The number of amides is 1. The molecule has 1 saturated heterocycles. The van der Waals surface area contributed by atoms with Crippen LogP contribution < -0.4 is 4.90 Å². The third kappa shape index (κ3) is 4.26. The van der Waals surface area contributed by atoms with Gasteiger partial charge in [-0.25, -0.2) is 14.4 Å². The molecule has 0 bridgehead atoms. The number of benzene rings is 1. The molecule has 29 heavy (non-hydrogen) atoms. The smallest absolute Gasteiger partial charge is 0.244 e. The molecule has 150 valence electrons. The summed E-state index contributed by atoms with van der Waals surface area (Å²) in [7, 11) is 0. The molecule has 1 fully saturated rings. The standard InChI is InChI=1S/C21H23FN6O/c1-2-18-14-19(16-4-6-17(22)7-5-16)25-28(18)15-20(29)26-10-12-27(13-11-26)21-23-8-3-9-24-21/h3-9,14H,2,10-13,15H2,1H3. The van der Waals surface area contributed by atoms with Crippen LogP contribution in [0.2, 0.25) is 0 Å². The van der Waals surface area contributed by atoms with E-state index in [0.29, 0.717) is 32.1 Å². The van der Waals surface area contributed by atoms with E-state index in [4.69, 9.17) is 0 Å². The average molecular weight is 394 g/mol. The fraction of sp³-hybridized carbons (Fsp3) is 0.333. The van der Waals surface area contributed by atoms with Crippen molar-refractivity contribution in [1.82, 2.24) is 24.6 Å². The van der Waals surface area contributed by atoms with E-state index in [0.717, 1.165) is 23.4 Å². The number of hydrogen-bond donors (Lipinski definition) is 0. The molecule has 2 aromatic heterocycles. The molecule has 1 aliphatic heterocycles. The van der Waals surface area contributed by atoms with E-state index in [-0.39, 0.29) is 18.3 Å². The van der Waals surface area contributed by atoms with Crippen molar-refractivity contribution >= 4 is 11.9 Å². The van der Waals surface area contributed by atoms with Crippen molar-refractivity contribution in [2.45, 2.75) is 19.9 Å². The first-order chi connectivity index (χ1) is 14.1. The lowest BCUT2D eigenvalue weighted by Crippen LogP contribution is -2.50. The summed E-state index contributed by atoms with van der Waals surface area (Å²) in [5, 5.41) is 4.59. The first-order valence-electron chi connectivity index (χ1n) is 9.76. The van der Waals surface area contributed by atoms with Gasteiger partial charge in [0.1, 0.15) is 12.4 Å².